The van der Waals surface area contributed by atoms with E-state index < -0.39 is 0 Å². The molecule has 0 aliphatic heterocycles. The molecule has 2 N–H and O–H groups in total. The van der Waals surface area contributed by atoms with Gasteiger partial charge in [0, 0.05) is 24.8 Å². The third-order valence-corrected chi connectivity index (χ3v) is 4.08. The highest BCUT2D eigenvalue weighted by molar-refractivity contribution is 5.67. The number of rotatable bonds is 5. The van der Waals surface area contributed by atoms with E-state index in [1.54, 1.807) is 0 Å². The minimum absolute atomic E-state index is 0.571. The Morgan fingerprint density at radius 3 is 2.64 bits per heavy atom. The highest BCUT2D eigenvalue weighted by Crippen LogP contribution is 2.25. The average Bonchev–Trinajstić information content (AvgIpc) is 3.03. The first kappa shape index (κ1) is 14.5. The van der Waals surface area contributed by atoms with Crippen molar-refractivity contribution in [3.63, 3.8) is 0 Å². The van der Waals surface area contributed by atoms with E-state index in [2.05, 4.69) is 60.7 Å². The van der Waals surface area contributed by atoms with Gasteiger partial charge in [0.05, 0.1) is 6.20 Å². The second-order valence-corrected chi connectivity index (χ2v) is 5.52. The van der Waals surface area contributed by atoms with Gasteiger partial charge in [-0.25, -0.2) is 0 Å². The third-order valence-electron chi connectivity index (χ3n) is 4.08. The Morgan fingerprint density at radius 1 is 1.05 bits per heavy atom. The van der Waals surface area contributed by atoms with E-state index in [-0.39, 0.29) is 0 Å². The van der Waals surface area contributed by atoms with Crippen molar-refractivity contribution in [1.82, 2.24) is 9.78 Å². The number of nitrogens with two attached hydrogens (primary N) is 1. The summed E-state index contributed by atoms with van der Waals surface area (Å²) in [6.07, 6.45) is 5.04. The first-order chi connectivity index (χ1) is 10.8. The van der Waals surface area contributed by atoms with E-state index in [4.69, 9.17) is 5.73 Å². The zero-order chi connectivity index (χ0) is 15.4. The van der Waals surface area contributed by atoms with Gasteiger partial charge in [-0.1, -0.05) is 48.5 Å². The van der Waals surface area contributed by atoms with Crippen LogP contribution in [0.15, 0.2) is 60.9 Å². The lowest BCUT2D eigenvalue weighted by Gasteiger charge is -2.08. The van der Waals surface area contributed by atoms with Gasteiger partial charge in [0.25, 0.3) is 0 Å². The predicted octanol–water partition coefficient (Wildman–Crippen LogP) is 3.56. The van der Waals surface area contributed by atoms with Crippen LogP contribution in [0.1, 0.15) is 16.7 Å². The summed E-state index contributed by atoms with van der Waals surface area (Å²) in [5, 5.41) is 4.49. The molecule has 3 rings (SSSR count). The standard InChI is InChI=1S/C19H21N3/c1-15-17(12-20)8-5-9-19(15)18-13-21-22(14-18)11-10-16-6-3-2-4-7-16/h2-9,13-14H,10-12,20H2,1H3. The maximum atomic E-state index is 5.79. The molecular formula is C19H21N3. The van der Waals surface area contributed by atoms with Crippen LogP contribution < -0.4 is 5.73 Å². The quantitative estimate of drug-likeness (QED) is 0.781. The molecule has 0 amide bonds. The van der Waals surface area contributed by atoms with Crippen molar-refractivity contribution in [3.8, 4) is 11.1 Å². The van der Waals surface area contributed by atoms with Crippen LogP contribution in [-0.4, -0.2) is 9.78 Å². The maximum Gasteiger partial charge on any atom is 0.0568 e. The molecular weight excluding hydrogens is 270 g/mol. The van der Waals surface area contributed by atoms with Gasteiger partial charge in [-0.3, -0.25) is 4.68 Å². The van der Waals surface area contributed by atoms with Crippen LogP contribution in [0.5, 0.6) is 0 Å². The Kier molecular flexibility index (Phi) is 4.35. The van der Waals surface area contributed by atoms with Gasteiger partial charge in [-0.2, -0.15) is 5.10 Å². The van der Waals surface area contributed by atoms with Gasteiger partial charge in [-0.15, -0.1) is 0 Å². The molecule has 3 heteroatoms. The summed E-state index contributed by atoms with van der Waals surface area (Å²) in [7, 11) is 0. The van der Waals surface area contributed by atoms with Crippen molar-refractivity contribution < 1.29 is 0 Å². The van der Waals surface area contributed by atoms with E-state index in [1.165, 1.54) is 22.3 Å². The number of aryl methyl sites for hydroxylation is 2. The molecule has 0 aliphatic rings. The molecule has 0 aliphatic carbocycles. The van der Waals surface area contributed by atoms with E-state index in [1.807, 2.05) is 16.9 Å². The Bertz CT molecular complexity index is 744. The first-order valence-electron chi connectivity index (χ1n) is 7.63. The van der Waals surface area contributed by atoms with Crippen LogP contribution in [0.2, 0.25) is 0 Å². The van der Waals surface area contributed by atoms with Crippen LogP contribution in [0.25, 0.3) is 11.1 Å². The SMILES string of the molecule is Cc1c(CN)cccc1-c1cnn(CCc2ccccc2)c1. The number of aromatic nitrogens is 2. The molecule has 0 radical (unpaired) electrons. The monoisotopic (exact) mass is 291 g/mol. The minimum Gasteiger partial charge on any atom is -0.326 e. The largest absolute Gasteiger partial charge is 0.326 e. The number of hydrogen-bond donors (Lipinski definition) is 1. The van der Waals surface area contributed by atoms with Crippen LogP contribution in [0.4, 0.5) is 0 Å². The Morgan fingerprint density at radius 2 is 1.86 bits per heavy atom. The fourth-order valence-electron chi connectivity index (χ4n) is 2.73. The van der Waals surface area contributed by atoms with Crippen molar-refractivity contribution in [2.75, 3.05) is 0 Å². The zero-order valence-electron chi connectivity index (χ0n) is 12.9. The topological polar surface area (TPSA) is 43.8 Å². The minimum atomic E-state index is 0.571. The molecule has 0 saturated heterocycles. The molecule has 1 aromatic heterocycles. The molecule has 1 heterocycles. The fraction of sp³-hybridized carbons (Fsp3) is 0.211. The van der Waals surface area contributed by atoms with Gasteiger partial charge in [0.1, 0.15) is 0 Å². The summed E-state index contributed by atoms with van der Waals surface area (Å²) in [5.41, 5.74) is 11.9. The first-order valence-corrected chi connectivity index (χ1v) is 7.63. The predicted molar refractivity (Wildman–Crippen MR) is 90.4 cm³/mol. The van der Waals surface area contributed by atoms with Crippen molar-refractivity contribution in [3.05, 3.63) is 77.6 Å². The number of nitrogens with zero attached hydrogens (tertiary/aromatic N) is 2. The lowest BCUT2D eigenvalue weighted by molar-refractivity contribution is 0.615. The van der Waals surface area contributed by atoms with Crippen molar-refractivity contribution in [1.29, 1.82) is 0 Å². The third kappa shape index (κ3) is 3.10. The maximum absolute atomic E-state index is 5.79. The molecule has 3 nitrogen and oxygen atoms in total. The molecule has 0 bridgehead atoms. The summed E-state index contributed by atoms with van der Waals surface area (Å²) < 4.78 is 2.01. The molecule has 0 fully saturated rings. The normalized spacial score (nSPS) is 10.8. The molecule has 0 saturated carbocycles. The number of hydrogen-bond acceptors (Lipinski definition) is 2. The van der Waals surface area contributed by atoms with Gasteiger partial charge in [0.15, 0.2) is 0 Å². The Labute approximate surface area is 131 Å². The smallest absolute Gasteiger partial charge is 0.0568 e. The van der Waals surface area contributed by atoms with Gasteiger partial charge < -0.3 is 5.73 Å². The van der Waals surface area contributed by atoms with Gasteiger partial charge in [0.2, 0.25) is 0 Å². The van der Waals surface area contributed by atoms with E-state index in [0.717, 1.165) is 18.5 Å². The highest BCUT2D eigenvalue weighted by Gasteiger charge is 2.07. The van der Waals surface area contributed by atoms with Gasteiger partial charge in [-0.05, 0) is 35.6 Å². The van der Waals surface area contributed by atoms with Gasteiger partial charge >= 0.3 is 0 Å². The van der Waals surface area contributed by atoms with Crippen molar-refractivity contribution in [2.24, 2.45) is 5.73 Å². The second kappa shape index (κ2) is 6.58. The van der Waals surface area contributed by atoms with Crippen molar-refractivity contribution >= 4 is 0 Å². The summed E-state index contributed by atoms with van der Waals surface area (Å²) in [5.74, 6) is 0. The lowest BCUT2D eigenvalue weighted by Crippen LogP contribution is -2.01. The average molecular weight is 291 g/mol. The molecule has 3 aromatic rings. The summed E-state index contributed by atoms with van der Waals surface area (Å²) in [6, 6.07) is 16.8. The Balaban J connectivity index is 1.77. The highest BCUT2D eigenvalue weighted by atomic mass is 15.3. The van der Waals surface area contributed by atoms with Crippen molar-refractivity contribution in [2.45, 2.75) is 26.4 Å². The van der Waals surface area contributed by atoms with Crippen LogP contribution in [0, 0.1) is 6.92 Å². The molecule has 0 atom stereocenters. The fourth-order valence-corrected chi connectivity index (χ4v) is 2.73. The molecule has 22 heavy (non-hydrogen) atoms. The number of benzene rings is 2. The second-order valence-electron chi connectivity index (χ2n) is 5.52. The zero-order valence-corrected chi connectivity index (χ0v) is 12.9. The van der Waals surface area contributed by atoms with Crippen LogP contribution in [-0.2, 0) is 19.5 Å². The van der Waals surface area contributed by atoms with Crippen LogP contribution >= 0.6 is 0 Å². The molecule has 112 valence electrons. The Hall–Kier alpha value is -2.39. The van der Waals surface area contributed by atoms with E-state index in [0.29, 0.717) is 6.54 Å². The van der Waals surface area contributed by atoms with E-state index >= 15 is 0 Å². The lowest BCUT2D eigenvalue weighted by atomic mass is 9.99. The molecule has 2 aromatic carbocycles. The van der Waals surface area contributed by atoms with E-state index in [9.17, 15) is 0 Å². The molecule has 0 spiro atoms. The van der Waals surface area contributed by atoms with Crippen LogP contribution in [0.3, 0.4) is 0 Å². The summed E-state index contributed by atoms with van der Waals surface area (Å²) in [6.45, 7) is 3.58. The summed E-state index contributed by atoms with van der Waals surface area (Å²) >= 11 is 0. The summed E-state index contributed by atoms with van der Waals surface area (Å²) in [4.78, 5) is 0. The molecule has 0 unspecified atom stereocenters.